The number of hydrogen-bond donors (Lipinski definition) is 3. The summed E-state index contributed by atoms with van der Waals surface area (Å²) >= 11 is 0. The normalized spacial score (nSPS) is 16.0. The molecule has 24 heavy (non-hydrogen) atoms. The maximum atomic E-state index is 12.3. The summed E-state index contributed by atoms with van der Waals surface area (Å²) in [5, 5.41) is 2.98. The minimum Gasteiger partial charge on any atom is -0.349 e. The van der Waals surface area contributed by atoms with Gasteiger partial charge in [0.1, 0.15) is 5.82 Å². The molecule has 5 nitrogen and oxygen atoms in total. The van der Waals surface area contributed by atoms with Gasteiger partial charge < -0.3 is 16.0 Å². The molecule has 1 aliphatic rings. The van der Waals surface area contributed by atoms with Crippen molar-refractivity contribution in [3.63, 3.8) is 0 Å². The third-order valence-electron chi connectivity index (χ3n) is 4.77. The van der Waals surface area contributed by atoms with Crippen molar-refractivity contribution < 1.29 is 4.79 Å². The summed E-state index contributed by atoms with van der Waals surface area (Å²) in [5.74, 6) is 0.868. The number of hydrogen-bond acceptors (Lipinski definition) is 3. The predicted molar refractivity (Wildman–Crippen MR) is 102 cm³/mol. The van der Waals surface area contributed by atoms with Gasteiger partial charge in [-0.05, 0) is 36.9 Å². The maximum Gasteiger partial charge on any atom is 0.220 e. The molecule has 7 heteroatoms. The van der Waals surface area contributed by atoms with Crippen molar-refractivity contribution >= 4 is 41.8 Å². The van der Waals surface area contributed by atoms with Crippen molar-refractivity contribution in [2.45, 2.75) is 45.1 Å². The Hall–Kier alpha value is -1.30. The van der Waals surface area contributed by atoms with Crippen LogP contribution in [0.5, 0.6) is 0 Å². The molecule has 0 aliphatic heterocycles. The number of aromatic amines is 1. The minimum atomic E-state index is 0. The fourth-order valence-electron chi connectivity index (χ4n) is 3.43. The molecule has 0 spiro atoms. The second-order valence-corrected chi connectivity index (χ2v) is 6.42. The molecular formula is C17H26Cl2N4O. The van der Waals surface area contributed by atoms with Crippen molar-refractivity contribution in [2.24, 2.45) is 11.1 Å². The Morgan fingerprint density at radius 3 is 2.58 bits per heavy atom. The molecule has 3 rings (SSSR count). The number of imidazole rings is 1. The SMILES string of the molecule is Cl.Cl.NCC1(CC(=O)NCc2nc3ccccc3[nH]2)CCCCC1. The number of nitrogens with zero attached hydrogens (tertiary/aromatic N) is 1. The van der Waals surface area contributed by atoms with Crippen LogP contribution in [-0.2, 0) is 11.3 Å². The largest absolute Gasteiger partial charge is 0.349 e. The zero-order valence-electron chi connectivity index (χ0n) is 13.7. The second kappa shape index (κ2) is 9.25. The van der Waals surface area contributed by atoms with Crippen LogP contribution in [0.1, 0.15) is 44.3 Å². The Morgan fingerprint density at radius 1 is 1.21 bits per heavy atom. The summed E-state index contributed by atoms with van der Waals surface area (Å²) < 4.78 is 0. The van der Waals surface area contributed by atoms with E-state index in [1.807, 2.05) is 24.3 Å². The topological polar surface area (TPSA) is 83.8 Å². The van der Waals surface area contributed by atoms with Gasteiger partial charge in [-0.1, -0.05) is 31.4 Å². The first kappa shape index (κ1) is 20.7. The number of nitrogens with one attached hydrogen (secondary N) is 2. The van der Waals surface area contributed by atoms with Crippen molar-refractivity contribution in [3.8, 4) is 0 Å². The lowest BCUT2D eigenvalue weighted by Crippen LogP contribution is -2.38. The van der Waals surface area contributed by atoms with Crippen LogP contribution < -0.4 is 11.1 Å². The van der Waals surface area contributed by atoms with Crippen LogP contribution in [-0.4, -0.2) is 22.4 Å². The van der Waals surface area contributed by atoms with E-state index in [-0.39, 0.29) is 36.1 Å². The van der Waals surface area contributed by atoms with E-state index in [2.05, 4.69) is 15.3 Å². The maximum absolute atomic E-state index is 12.3. The van der Waals surface area contributed by atoms with Gasteiger partial charge in [-0.25, -0.2) is 4.98 Å². The molecule has 0 radical (unpaired) electrons. The number of carbonyl (C=O) groups is 1. The van der Waals surface area contributed by atoms with Crippen LogP contribution in [0, 0.1) is 5.41 Å². The summed E-state index contributed by atoms with van der Waals surface area (Å²) in [6.45, 7) is 1.04. The van der Waals surface area contributed by atoms with Crippen LogP contribution in [0.15, 0.2) is 24.3 Å². The monoisotopic (exact) mass is 372 g/mol. The first-order valence-corrected chi connectivity index (χ1v) is 8.11. The Labute approximate surface area is 155 Å². The molecule has 0 bridgehead atoms. The van der Waals surface area contributed by atoms with Gasteiger partial charge in [0.25, 0.3) is 0 Å². The molecule has 4 N–H and O–H groups in total. The number of benzene rings is 1. The number of halogens is 2. The van der Waals surface area contributed by atoms with E-state index in [0.29, 0.717) is 19.5 Å². The quantitative estimate of drug-likeness (QED) is 0.752. The second-order valence-electron chi connectivity index (χ2n) is 6.42. The van der Waals surface area contributed by atoms with Gasteiger partial charge in [-0.3, -0.25) is 4.79 Å². The lowest BCUT2D eigenvalue weighted by atomic mass is 9.71. The number of nitrogens with two attached hydrogens (primary N) is 1. The first-order chi connectivity index (χ1) is 10.7. The van der Waals surface area contributed by atoms with Gasteiger partial charge in [-0.15, -0.1) is 24.8 Å². The van der Waals surface area contributed by atoms with E-state index in [9.17, 15) is 4.79 Å². The number of aromatic nitrogens is 2. The summed E-state index contributed by atoms with van der Waals surface area (Å²) in [6, 6.07) is 7.87. The van der Waals surface area contributed by atoms with E-state index in [1.54, 1.807) is 0 Å². The standard InChI is InChI=1S/C17H24N4O.2ClH/c18-12-17(8-4-1-5-9-17)10-16(22)19-11-15-20-13-6-2-3-7-14(13)21-15;;/h2-3,6-7H,1,4-5,8-12,18H2,(H,19,22)(H,20,21);2*1H. The van der Waals surface area contributed by atoms with Gasteiger partial charge in [0.05, 0.1) is 17.6 Å². The minimum absolute atomic E-state index is 0. The Kier molecular flexibility index (Phi) is 8.00. The molecule has 1 saturated carbocycles. The molecule has 0 saturated heterocycles. The van der Waals surface area contributed by atoms with E-state index in [0.717, 1.165) is 29.7 Å². The summed E-state index contributed by atoms with van der Waals surface area (Å²) in [6.07, 6.45) is 6.32. The molecule has 1 amide bonds. The summed E-state index contributed by atoms with van der Waals surface area (Å²) in [5.41, 5.74) is 7.88. The highest BCUT2D eigenvalue weighted by atomic mass is 35.5. The average molecular weight is 373 g/mol. The number of para-hydroxylation sites is 2. The third kappa shape index (κ3) is 4.85. The highest BCUT2D eigenvalue weighted by Gasteiger charge is 2.32. The molecule has 1 aromatic carbocycles. The van der Waals surface area contributed by atoms with Crippen molar-refractivity contribution in [2.75, 3.05) is 6.54 Å². The Balaban J connectivity index is 0.00000144. The molecule has 0 unspecified atom stereocenters. The van der Waals surface area contributed by atoms with E-state index in [4.69, 9.17) is 5.73 Å². The molecule has 1 fully saturated rings. The fourth-order valence-corrected chi connectivity index (χ4v) is 3.43. The van der Waals surface area contributed by atoms with Crippen LogP contribution in [0.25, 0.3) is 11.0 Å². The van der Waals surface area contributed by atoms with Gasteiger partial charge in [0.15, 0.2) is 0 Å². The van der Waals surface area contributed by atoms with Crippen molar-refractivity contribution in [1.29, 1.82) is 0 Å². The highest BCUT2D eigenvalue weighted by molar-refractivity contribution is 5.85. The number of carbonyl (C=O) groups excluding carboxylic acids is 1. The number of amides is 1. The molecule has 134 valence electrons. The molecule has 1 aliphatic carbocycles. The Bertz CT molecular complexity index is 620. The zero-order valence-corrected chi connectivity index (χ0v) is 15.3. The van der Waals surface area contributed by atoms with Crippen LogP contribution in [0.4, 0.5) is 0 Å². The lowest BCUT2D eigenvalue weighted by Gasteiger charge is -2.35. The summed E-state index contributed by atoms with van der Waals surface area (Å²) in [4.78, 5) is 20.0. The van der Waals surface area contributed by atoms with Crippen molar-refractivity contribution in [1.82, 2.24) is 15.3 Å². The Morgan fingerprint density at radius 2 is 1.92 bits per heavy atom. The van der Waals surface area contributed by atoms with Crippen LogP contribution in [0.3, 0.4) is 0 Å². The lowest BCUT2D eigenvalue weighted by molar-refractivity contribution is -0.124. The molecular weight excluding hydrogens is 347 g/mol. The van der Waals surface area contributed by atoms with Crippen LogP contribution in [0.2, 0.25) is 0 Å². The van der Waals surface area contributed by atoms with Gasteiger partial charge in [-0.2, -0.15) is 0 Å². The number of fused-ring (bicyclic) bond motifs is 1. The number of rotatable bonds is 5. The third-order valence-corrected chi connectivity index (χ3v) is 4.77. The van der Waals surface area contributed by atoms with E-state index >= 15 is 0 Å². The van der Waals surface area contributed by atoms with E-state index in [1.165, 1.54) is 19.3 Å². The molecule has 2 aromatic rings. The molecule has 1 aromatic heterocycles. The summed E-state index contributed by atoms with van der Waals surface area (Å²) in [7, 11) is 0. The predicted octanol–water partition coefficient (Wildman–Crippen LogP) is 3.32. The molecule has 1 heterocycles. The van der Waals surface area contributed by atoms with Gasteiger partial charge >= 0.3 is 0 Å². The average Bonchev–Trinajstić information content (AvgIpc) is 2.97. The van der Waals surface area contributed by atoms with Crippen molar-refractivity contribution in [3.05, 3.63) is 30.1 Å². The zero-order chi connectivity index (χ0) is 15.4. The highest BCUT2D eigenvalue weighted by Crippen LogP contribution is 2.38. The molecule has 0 atom stereocenters. The smallest absolute Gasteiger partial charge is 0.220 e. The number of H-pyrrole nitrogens is 1. The van der Waals surface area contributed by atoms with Gasteiger partial charge in [0.2, 0.25) is 5.91 Å². The van der Waals surface area contributed by atoms with Gasteiger partial charge in [0, 0.05) is 6.42 Å². The first-order valence-electron chi connectivity index (χ1n) is 8.11. The fraction of sp³-hybridized carbons (Fsp3) is 0.529. The van der Waals surface area contributed by atoms with E-state index < -0.39 is 0 Å². The van der Waals surface area contributed by atoms with Crippen LogP contribution >= 0.6 is 24.8 Å².